The Kier molecular flexibility index (Phi) is 4.51. The second kappa shape index (κ2) is 6.69. The molecule has 2 aromatic rings. The van der Waals surface area contributed by atoms with Gasteiger partial charge in [-0.3, -0.25) is 0 Å². The van der Waals surface area contributed by atoms with Crippen molar-refractivity contribution in [3.05, 3.63) is 53.6 Å². The molecule has 1 heterocycles. The van der Waals surface area contributed by atoms with Gasteiger partial charge in [0.15, 0.2) is 5.75 Å². The van der Waals surface area contributed by atoms with Crippen molar-refractivity contribution in [2.24, 2.45) is 11.1 Å². The number of nitrogens with two attached hydrogens (primary N) is 1. The van der Waals surface area contributed by atoms with E-state index in [2.05, 4.69) is 62.5 Å². The first-order valence-electron chi connectivity index (χ1n) is 9.56. The van der Waals surface area contributed by atoms with Gasteiger partial charge in [-0.05, 0) is 53.1 Å². The van der Waals surface area contributed by atoms with Gasteiger partial charge in [-0.25, -0.2) is 0 Å². The summed E-state index contributed by atoms with van der Waals surface area (Å²) >= 11 is 0. The summed E-state index contributed by atoms with van der Waals surface area (Å²) in [7, 11) is 0. The molecule has 1 saturated carbocycles. The van der Waals surface area contributed by atoms with Gasteiger partial charge in [0.2, 0.25) is 0 Å². The summed E-state index contributed by atoms with van der Waals surface area (Å²) in [5.74, 6) is 0.872. The van der Waals surface area contributed by atoms with Crippen LogP contribution in [-0.2, 0) is 6.54 Å². The third-order valence-electron chi connectivity index (χ3n) is 4.92. The van der Waals surface area contributed by atoms with Gasteiger partial charge < -0.3 is 15.9 Å². The molecule has 3 N–H and O–H groups in total. The minimum Gasteiger partial charge on any atom is -0.404 e. The Morgan fingerprint density at radius 3 is 2.62 bits per heavy atom. The van der Waals surface area contributed by atoms with E-state index in [9.17, 15) is 0 Å². The Hall–Kier alpha value is -1.88. The second-order valence-electron chi connectivity index (χ2n) is 8.78. The lowest BCUT2D eigenvalue weighted by atomic mass is 9.96. The fourth-order valence-corrected chi connectivity index (χ4v) is 3.39. The van der Waals surface area contributed by atoms with Gasteiger partial charge in [0.25, 0.3) is 0 Å². The molecule has 1 aliphatic carbocycles. The molecule has 0 radical (unpaired) electrons. The zero-order valence-corrected chi connectivity index (χ0v) is 16.0. The number of hydroxylamine groups is 2. The van der Waals surface area contributed by atoms with Crippen molar-refractivity contribution in [3.8, 4) is 16.9 Å². The minimum atomic E-state index is -0.219. The fourth-order valence-electron chi connectivity index (χ4n) is 3.39. The lowest BCUT2D eigenvalue weighted by Gasteiger charge is -2.27. The van der Waals surface area contributed by atoms with Gasteiger partial charge in [-0.1, -0.05) is 45.0 Å². The molecule has 4 nitrogen and oxygen atoms in total. The number of hydrogen-bond acceptors (Lipinski definition) is 4. The molecule has 0 amide bonds. The largest absolute Gasteiger partial charge is 0.404 e. The normalized spacial score (nSPS) is 20.1. The van der Waals surface area contributed by atoms with Crippen LogP contribution in [-0.4, -0.2) is 17.6 Å². The standard InChI is InChI=1S/C22H29N3O/c1-22(2,3)14-25-21(23)19-12-17(7-10-20(19)26-25)16-6-4-5-15(11-16)13-24-18-8-9-18/h4-7,10-12,18,21,24H,8-9,13-14,23H2,1-3H3. The van der Waals surface area contributed by atoms with E-state index in [1.807, 2.05) is 11.1 Å². The minimum absolute atomic E-state index is 0.130. The van der Waals surface area contributed by atoms with Crippen molar-refractivity contribution in [2.75, 3.05) is 6.54 Å². The molecular weight excluding hydrogens is 322 g/mol. The van der Waals surface area contributed by atoms with Crippen LogP contribution in [0.1, 0.15) is 50.9 Å². The molecule has 0 saturated heterocycles. The number of hydrogen-bond donors (Lipinski definition) is 2. The molecule has 2 aromatic carbocycles. The zero-order valence-electron chi connectivity index (χ0n) is 16.0. The molecule has 0 spiro atoms. The van der Waals surface area contributed by atoms with Crippen molar-refractivity contribution in [3.63, 3.8) is 0 Å². The predicted octanol–water partition coefficient (Wildman–Crippen LogP) is 4.22. The SMILES string of the molecule is CC(C)(C)CN1Oc2ccc(-c3cccc(CNC4CC4)c3)cc2C1N. The van der Waals surface area contributed by atoms with Gasteiger partial charge in [0.1, 0.15) is 6.17 Å². The van der Waals surface area contributed by atoms with Crippen molar-refractivity contribution in [1.29, 1.82) is 0 Å². The van der Waals surface area contributed by atoms with Crippen molar-refractivity contribution in [1.82, 2.24) is 10.4 Å². The third-order valence-corrected chi connectivity index (χ3v) is 4.92. The summed E-state index contributed by atoms with van der Waals surface area (Å²) in [5, 5.41) is 5.47. The van der Waals surface area contributed by atoms with E-state index in [1.165, 1.54) is 29.5 Å². The van der Waals surface area contributed by atoms with E-state index in [-0.39, 0.29) is 11.6 Å². The first kappa shape index (κ1) is 17.5. The van der Waals surface area contributed by atoms with Crippen molar-refractivity contribution in [2.45, 2.75) is 52.4 Å². The van der Waals surface area contributed by atoms with Crippen LogP contribution in [0.4, 0.5) is 0 Å². The highest BCUT2D eigenvalue weighted by Crippen LogP contribution is 2.38. The molecule has 2 aliphatic rings. The highest BCUT2D eigenvalue weighted by atomic mass is 16.7. The van der Waals surface area contributed by atoms with E-state index < -0.39 is 0 Å². The number of fused-ring (bicyclic) bond motifs is 1. The molecule has 0 aromatic heterocycles. The quantitative estimate of drug-likeness (QED) is 0.847. The maximum atomic E-state index is 6.45. The fraction of sp³-hybridized carbons (Fsp3) is 0.455. The molecule has 1 atom stereocenters. The zero-order chi connectivity index (χ0) is 18.3. The number of nitrogens with one attached hydrogen (secondary N) is 1. The Morgan fingerprint density at radius 1 is 1.12 bits per heavy atom. The average Bonchev–Trinajstić information content (AvgIpc) is 3.38. The topological polar surface area (TPSA) is 50.5 Å². The van der Waals surface area contributed by atoms with Crippen LogP contribution < -0.4 is 15.9 Å². The van der Waals surface area contributed by atoms with Gasteiger partial charge in [-0.15, -0.1) is 5.06 Å². The van der Waals surface area contributed by atoms with Crippen LogP contribution in [0.5, 0.6) is 5.75 Å². The van der Waals surface area contributed by atoms with Gasteiger partial charge in [-0.2, -0.15) is 0 Å². The molecule has 138 valence electrons. The Morgan fingerprint density at radius 2 is 1.88 bits per heavy atom. The molecule has 4 heteroatoms. The van der Waals surface area contributed by atoms with E-state index in [0.29, 0.717) is 0 Å². The molecule has 1 unspecified atom stereocenters. The lowest BCUT2D eigenvalue weighted by molar-refractivity contribution is -0.0906. The summed E-state index contributed by atoms with van der Waals surface area (Å²) < 4.78 is 0. The van der Waals surface area contributed by atoms with E-state index in [1.54, 1.807) is 0 Å². The van der Waals surface area contributed by atoms with Crippen LogP contribution in [0.15, 0.2) is 42.5 Å². The van der Waals surface area contributed by atoms with E-state index in [0.717, 1.165) is 30.4 Å². The van der Waals surface area contributed by atoms with Crippen LogP contribution in [0, 0.1) is 5.41 Å². The molecule has 0 bridgehead atoms. The van der Waals surface area contributed by atoms with E-state index in [4.69, 9.17) is 10.6 Å². The number of rotatable bonds is 5. The number of benzene rings is 2. The highest BCUT2D eigenvalue weighted by Gasteiger charge is 2.32. The molecule has 1 aliphatic heterocycles. The predicted molar refractivity (Wildman–Crippen MR) is 105 cm³/mol. The lowest BCUT2D eigenvalue weighted by Crippen LogP contribution is -2.38. The molecule has 26 heavy (non-hydrogen) atoms. The van der Waals surface area contributed by atoms with Gasteiger partial charge in [0.05, 0.1) is 0 Å². The monoisotopic (exact) mass is 351 g/mol. The van der Waals surface area contributed by atoms with E-state index >= 15 is 0 Å². The first-order valence-corrected chi connectivity index (χ1v) is 9.56. The average molecular weight is 351 g/mol. The van der Waals surface area contributed by atoms with Crippen LogP contribution in [0.3, 0.4) is 0 Å². The maximum absolute atomic E-state index is 6.45. The summed E-state index contributed by atoms with van der Waals surface area (Å²) in [4.78, 5) is 5.98. The van der Waals surface area contributed by atoms with Crippen LogP contribution in [0.2, 0.25) is 0 Å². The van der Waals surface area contributed by atoms with Gasteiger partial charge in [0, 0.05) is 24.7 Å². The van der Waals surface area contributed by atoms with Crippen molar-refractivity contribution < 1.29 is 4.84 Å². The third kappa shape index (κ3) is 3.93. The second-order valence-corrected chi connectivity index (χ2v) is 8.78. The summed E-state index contributed by atoms with van der Waals surface area (Å²) in [5.41, 5.74) is 11.4. The maximum Gasteiger partial charge on any atom is 0.153 e. The molecular formula is C22H29N3O. The summed E-state index contributed by atoms with van der Waals surface area (Å²) in [6.45, 7) is 8.31. The smallest absolute Gasteiger partial charge is 0.153 e. The Labute approximate surface area is 156 Å². The molecule has 1 fully saturated rings. The summed E-state index contributed by atoms with van der Waals surface area (Å²) in [6, 6.07) is 15.8. The molecule has 4 rings (SSSR count). The van der Waals surface area contributed by atoms with Crippen LogP contribution >= 0.6 is 0 Å². The number of nitrogens with zero attached hydrogens (tertiary/aromatic N) is 1. The highest BCUT2D eigenvalue weighted by molar-refractivity contribution is 5.67. The van der Waals surface area contributed by atoms with Gasteiger partial charge >= 0.3 is 0 Å². The summed E-state index contributed by atoms with van der Waals surface area (Å²) in [6.07, 6.45) is 2.41. The Bertz CT molecular complexity index is 792. The Balaban J connectivity index is 1.54. The van der Waals surface area contributed by atoms with Crippen molar-refractivity contribution >= 4 is 0 Å². The van der Waals surface area contributed by atoms with Crippen LogP contribution in [0.25, 0.3) is 11.1 Å². The first-order chi connectivity index (χ1) is 12.4.